The Morgan fingerprint density at radius 1 is 1.18 bits per heavy atom. The lowest BCUT2D eigenvalue weighted by Crippen LogP contribution is -2.42. The molecule has 2 aromatic rings. The molecule has 3 rings (SSSR count). The van der Waals surface area contributed by atoms with E-state index in [1.165, 1.54) is 5.56 Å². The normalized spacial score (nSPS) is 15.7. The first-order valence-electron chi connectivity index (χ1n) is 9.66. The first kappa shape index (κ1) is 21.1. The number of halogens is 2. The van der Waals surface area contributed by atoms with Crippen molar-refractivity contribution < 1.29 is 0 Å². The van der Waals surface area contributed by atoms with Crippen LogP contribution in [0.5, 0.6) is 0 Å². The van der Waals surface area contributed by atoms with E-state index >= 15 is 0 Å². The highest BCUT2D eigenvalue weighted by molar-refractivity contribution is 6.42. The summed E-state index contributed by atoms with van der Waals surface area (Å²) in [6, 6.07) is 6.41. The molecule has 0 bridgehead atoms. The van der Waals surface area contributed by atoms with Gasteiger partial charge in [0.15, 0.2) is 0 Å². The number of nitrogens with two attached hydrogens (primary N) is 1. The van der Waals surface area contributed by atoms with E-state index in [9.17, 15) is 0 Å². The summed E-state index contributed by atoms with van der Waals surface area (Å²) >= 11 is 12.1. The molecule has 2 heterocycles. The summed E-state index contributed by atoms with van der Waals surface area (Å²) in [5, 5.41) is 7.83. The van der Waals surface area contributed by atoms with Crippen molar-refractivity contribution in [2.45, 2.75) is 38.8 Å². The molecular formula is C20H28Cl2N6. The summed E-state index contributed by atoms with van der Waals surface area (Å²) in [5.41, 5.74) is 9.26. The van der Waals surface area contributed by atoms with Gasteiger partial charge in [-0.25, -0.2) is 4.98 Å². The molecule has 0 unspecified atom stereocenters. The number of anilines is 2. The maximum atomic E-state index is 6.12. The predicted molar refractivity (Wildman–Crippen MR) is 117 cm³/mol. The van der Waals surface area contributed by atoms with Gasteiger partial charge in [0.1, 0.15) is 5.82 Å². The van der Waals surface area contributed by atoms with Crippen molar-refractivity contribution in [2.75, 3.05) is 37.7 Å². The molecule has 28 heavy (non-hydrogen) atoms. The van der Waals surface area contributed by atoms with Crippen molar-refractivity contribution >= 4 is 35.0 Å². The molecule has 0 aliphatic carbocycles. The molecule has 0 spiro atoms. The zero-order valence-corrected chi connectivity index (χ0v) is 17.9. The molecule has 0 radical (unpaired) electrons. The van der Waals surface area contributed by atoms with E-state index in [0.29, 0.717) is 27.9 Å². The molecule has 1 aromatic carbocycles. The predicted octanol–water partition coefficient (Wildman–Crippen LogP) is 3.51. The standard InChI is InChI=1S/C20H28Cl2N6/c1-13-16(19(23)27-20(24-2)26-13)5-8-25-15-6-9-28(10-7-15)12-14-3-4-17(21)18(22)11-14/h3-4,11,15,25H,5-10,12H2,1-2H3,(H3,23,24,26,27). The van der Waals surface area contributed by atoms with Gasteiger partial charge in [0.25, 0.3) is 0 Å². The number of rotatable bonds is 7. The van der Waals surface area contributed by atoms with Crippen LogP contribution in [0.2, 0.25) is 10.0 Å². The molecule has 4 N–H and O–H groups in total. The summed E-state index contributed by atoms with van der Waals surface area (Å²) in [6.45, 7) is 5.91. The Morgan fingerprint density at radius 3 is 2.57 bits per heavy atom. The fraction of sp³-hybridized carbons (Fsp3) is 0.500. The number of hydrogen-bond acceptors (Lipinski definition) is 6. The van der Waals surface area contributed by atoms with E-state index in [2.05, 4.69) is 25.5 Å². The fourth-order valence-corrected chi connectivity index (χ4v) is 3.95. The Labute approximate surface area is 176 Å². The second-order valence-corrected chi connectivity index (χ2v) is 8.06. The van der Waals surface area contributed by atoms with Gasteiger partial charge in [-0.2, -0.15) is 4.98 Å². The lowest BCUT2D eigenvalue weighted by Gasteiger charge is -2.32. The minimum Gasteiger partial charge on any atom is -0.383 e. The van der Waals surface area contributed by atoms with Crippen molar-refractivity contribution in [1.29, 1.82) is 0 Å². The second kappa shape index (κ2) is 9.74. The highest BCUT2D eigenvalue weighted by Gasteiger charge is 2.19. The Hall–Kier alpha value is -1.60. The van der Waals surface area contributed by atoms with Gasteiger partial charge < -0.3 is 16.4 Å². The van der Waals surface area contributed by atoms with Gasteiger partial charge >= 0.3 is 0 Å². The van der Waals surface area contributed by atoms with Crippen LogP contribution in [0.4, 0.5) is 11.8 Å². The molecule has 1 aliphatic heterocycles. The number of aryl methyl sites for hydroxylation is 1. The van der Waals surface area contributed by atoms with Gasteiger partial charge in [-0.05, 0) is 63.5 Å². The van der Waals surface area contributed by atoms with Crippen LogP contribution >= 0.6 is 23.2 Å². The van der Waals surface area contributed by atoms with Gasteiger partial charge in [0.2, 0.25) is 5.95 Å². The molecule has 152 valence electrons. The van der Waals surface area contributed by atoms with Gasteiger partial charge in [-0.15, -0.1) is 0 Å². The minimum atomic E-state index is 0.532. The van der Waals surface area contributed by atoms with Crippen LogP contribution in [0.3, 0.4) is 0 Å². The smallest absolute Gasteiger partial charge is 0.224 e. The van der Waals surface area contributed by atoms with E-state index in [-0.39, 0.29) is 0 Å². The summed E-state index contributed by atoms with van der Waals surface area (Å²) in [7, 11) is 1.79. The van der Waals surface area contributed by atoms with E-state index in [1.54, 1.807) is 7.05 Å². The summed E-state index contributed by atoms with van der Waals surface area (Å²) < 4.78 is 0. The maximum Gasteiger partial charge on any atom is 0.224 e. The number of nitrogens with zero attached hydrogens (tertiary/aromatic N) is 3. The monoisotopic (exact) mass is 422 g/mol. The van der Waals surface area contributed by atoms with Crippen LogP contribution in [-0.2, 0) is 13.0 Å². The second-order valence-electron chi connectivity index (χ2n) is 7.25. The number of likely N-dealkylation sites (tertiary alicyclic amines) is 1. The third-order valence-electron chi connectivity index (χ3n) is 5.26. The number of aromatic nitrogens is 2. The number of nitrogens with one attached hydrogen (secondary N) is 2. The lowest BCUT2D eigenvalue weighted by molar-refractivity contribution is 0.191. The van der Waals surface area contributed by atoms with Crippen LogP contribution in [0.25, 0.3) is 0 Å². The maximum absolute atomic E-state index is 6.12. The molecule has 0 saturated carbocycles. The van der Waals surface area contributed by atoms with E-state index in [4.69, 9.17) is 28.9 Å². The molecule has 1 fully saturated rings. The molecular weight excluding hydrogens is 395 g/mol. The van der Waals surface area contributed by atoms with Crippen LogP contribution in [0.15, 0.2) is 18.2 Å². The van der Waals surface area contributed by atoms with Crippen molar-refractivity contribution in [3.05, 3.63) is 45.1 Å². The van der Waals surface area contributed by atoms with Crippen molar-refractivity contribution in [2.24, 2.45) is 0 Å². The van der Waals surface area contributed by atoms with Gasteiger partial charge in [-0.1, -0.05) is 29.3 Å². The third kappa shape index (κ3) is 5.47. The van der Waals surface area contributed by atoms with Crippen LogP contribution < -0.4 is 16.4 Å². The van der Waals surface area contributed by atoms with Crippen LogP contribution in [0.1, 0.15) is 29.7 Å². The molecule has 1 saturated heterocycles. The van der Waals surface area contributed by atoms with E-state index in [0.717, 1.165) is 56.7 Å². The topological polar surface area (TPSA) is 79.1 Å². The Morgan fingerprint density at radius 2 is 1.93 bits per heavy atom. The zero-order chi connectivity index (χ0) is 20.1. The van der Waals surface area contributed by atoms with E-state index < -0.39 is 0 Å². The molecule has 8 heteroatoms. The average Bonchev–Trinajstić information content (AvgIpc) is 2.68. The number of nitrogen functional groups attached to an aromatic ring is 1. The number of piperidine rings is 1. The number of hydrogen-bond donors (Lipinski definition) is 3. The number of benzene rings is 1. The fourth-order valence-electron chi connectivity index (χ4n) is 3.63. The van der Waals surface area contributed by atoms with E-state index in [1.807, 2.05) is 25.1 Å². The Bertz CT molecular complexity index is 782. The van der Waals surface area contributed by atoms with Gasteiger partial charge in [-0.3, -0.25) is 4.90 Å². The SMILES string of the molecule is CNc1nc(C)c(CCNC2CCN(Cc3ccc(Cl)c(Cl)c3)CC2)c(N)n1. The van der Waals surface area contributed by atoms with Crippen LogP contribution in [-0.4, -0.2) is 47.6 Å². The summed E-state index contributed by atoms with van der Waals surface area (Å²) in [6.07, 6.45) is 3.10. The largest absolute Gasteiger partial charge is 0.383 e. The zero-order valence-electron chi connectivity index (χ0n) is 16.4. The Kier molecular flexibility index (Phi) is 7.35. The van der Waals surface area contributed by atoms with Crippen molar-refractivity contribution in [1.82, 2.24) is 20.2 Å². The first-order valence-corrected chi connectivity index (χ1v) is 10.4. The van der Waals surface area contributed by atoms with Crippen molar-refractivity contribution in [3.8, 4) is 0 Å². The molecule has 1 aliphatic rings. The average molecular weight is 423 g/mol. The first-order chi connectivity index (χ1) is 13.5. The molecule has 6 nitrogen and oxygen atoms in total. The van der Waals surface area contributed by atoms with Gasteiger partial charge in [0, 0.05) is 30.9 Å². The molecule has 1 aromatic heterocycles. The van der Waals surface area contributed by atoms with Gasteiger partial charge in [0.05, 0.1) is 10.0 Å². The Balaban J connectivity index is 1.43. The highest BCUT2D eigenvalue weighted by Crippen LogP contribution is 2.24. The third-order valence-corrected chi connectivity index (χ3v) is 5.99. The quantitative estimate of drug-likeness (QED) is 0.633. The van der Waals surface area contributed by atoms with Crippen molar-refractivity contribution in [3.63, 3.8) is 0 Å². The van der Waals surface area contributed by atoms with Crippen LogP contribution in [0, 0.1) is 6.92 Å². The lowest BCUT2D eigenvalue weighted by atomic mass is 10.0. The molecule has 0 atom stereocenters. The summed E-state index contributed by atoms with van der Waals surface area (Å²) in [5.74, 6) is 1.14. The summed E-state index contributed by atoms with van der Waals surface area (Å²) in [4.78, 5) is 11.2. The minimum absolute atomic E-state index is 0.532. The molecule has 0 amide bonds. The highest BCUT2D eigenvalue weighted by atomic mass is 35.5.